The van der Waals surface area contributed by atoms with E-state index in [1.165, 1.54) is 30.0 Å². The van der Waals surface area contributed by atoms with Crippen molar-refractivity contribution >= 4 is 52.2 Å². The van der Waals surface area contributed by atoms with Crippen LogP contribution in [0.25, 0.3) is 16.9 Å². The lowest BCUT2D eigenvalue weighted by molar-refractivity contribution is -0.135. The highest BCUT2D eigenvalue weighted by atomic mass is 35.5. The molecule has 63 heavy (non-hydrogen) atoms. The summed E-state index contributed by atoms with van der Waals surface area (Å²) in [6.07, 6.45) is 10.5. The van der Waals surface area contributed by atoms with Crippen LogP contribution in [0.1, 0.15) is 84.5 Å². The fourth-order valence-corrected chi connectivity index (χ4v) is 9.47. The number of imidazole rings is 1. The fourth-order valence-electron chi connectivity index (χ4n) is 9.22. The summed E-state index contributed by atoms with van der Waals surface area (Å²) in [6, 6.07) is 16.2. The average molecular weight is 881 g/mol. The number of imide groups is 1. The Labute approximate surface area is 369 Å². The molecule has 1 saturated carbocycles. The number of pyridine rings is 1. The van der Waals surface area contributed by atoms with Crippen molar-refractivity contribution < 1.29 is 27.9 Å². The molecule has 0 bridgehead atoms. The van der Waals surface area contributed by atoms with Crippen molar-refractivity contribution in [3.8, 4) is 17.0 Å². The van der Waals surface area contributed by atoms with Crippen LogP contribution in [0.5, 0.6) is 5.75 Å². The van der Waals surface area contributed by atoms with Crippen LogP contribution in [0, 0.1) is 0 Å². The Kier molecular flexibility index (Phi) is 12.0. The number of aromatic nitrogens is 4. The van der Waals surface area contributed by atoms with Gasteiger partial charge in [0.05, 0.1) is 36.1 Å². The van der Waals surface area contributed by atoms with Gasteiger partial charge in [-0.05, 0) is 79.1 Å². The minimum atomic E-state index is -2.89. The normalized spacial score (nSPS) is 21.4. The number of amides is 3. The van der Waals surface area contributed by atoms with E-state index in [1.807, 2.05) is 46.2 Å². The molecule has 2 atom stereocenters. The number of ether oxygens (including phenoxy) is 1. The zero-order valence-electron chi connectivity index (χ0n) is 35.2. The van der Waals surface area contributed by atoms with Gasteiger partial charge in [0.1, 0.15) is 17.5 Å². The second-order valence-corrected chi connectivity index (χ2v) is 17.5. The maximum absolute atomic E-state index is 15.9. The zero-order chi connectivity index (χ0) is 43.8. The molecule has 10 rings (SSSR count). The van der Waals surface area contributed by atoms with E-state index < -0.39 is 23.8 Å². The summed E-state index contributed by atoms with van der Waals surface area (Å²) in [6.45, 7) is 2.24. The molecule has 14 nitrogen and oxygen atoms in total. The molecule has 3 saturated heterocycles. The predicted molar refractivity (Wildman–Crippen MR) is 236 cm³/mol. The largest absolute Gasteiger partial charge is 0.490 e. The number of piperidine rings is 3. The summed E-state index contributed by atoms with van der Waals surface area (Å²) in [7, 11) is 1.79. The van der Waals surface area contributed by atoms with Crippen molar-refractivity contribution in [3.63, 3.8) is 0 Å². The number of benzene rings is 2. The SMILES string of the molecule is C1CC1.CNc1cc(N2CCc3c(-c4ccc(CN5CCC(N6CCC(Oc7ccc(Cl)c(C8CCC(=O)NC8=O)c7)CC6)C(F)(F)C5)cn4)cccc32)nn2c(C(N)=O)cnc12. The Balaban J connectivity index is 0.00000161. The minimum absolute atomic E-state index is 0.156. The molecule has 2 aromatic carbocycles. The summed E-state index contributed by atoms with van der Waals surface area (Å²) in [5.74, 6) is -3.49. The Morgan fingerprint density at radius 3 is 2.48 bits per heavy atom. The number of anilines is 3. The number of carbonyl (C=O) groups is 3. The maximum Gasteiger partial charge on any atom is 0.275 e. The van der Waals surface area contributed by atoms with E-state index in [-0.39, 0.29) is 36.6 Å². The number of hydrogen-bond acceptors (Lipinski definition) is 11. The van der Waals surface area contributed by atoms with Crippen LogP contribution < -0.4 is 26.0 Å². The molecule has 4 N–H and O–H groups in total. The van der Waals surface area contributed by atoms with Crippen LogP contribution >= 0.6 is 11.6 Å². The second kappa shape index (κ2) is 17.8. The smallest absolute Gasteiger partial charge is 0.275 e. The first-order valence-corrected chi connectivity index (χ1v) is 22.2. The van der Waals surface area contributed by atoms with Crippen molar-refractivity contribution in [3.05, 3.63) is 94.4 Å². The number of halogens is 3. The number of rotatable bonds is 10. The Hall–Kier alpha value is -5.71. The molecule has 3 aromatic heterocycles. The van der Waals surface area contributed by atoms with Crippen molar-refractivity contribution in [1.29, 1.82) is 0 Å². The lowest BCUT2D eigenvalue weighted by atomic mass is 9.90. The first kappa shape index (κ1) is 42.6. The summed E-state index contributed by atoms with van der Waals surface area (Å²) in [4.78, 5) is 51.2. The zero-order valence-corrected chi connectivity index (χ0v) is 35.9. The highest BCUT2D eigenvalue weighted by Gasteiger charge is 2.48. The standard InChI is InChI=1S/C43H45ClF2N10O4.C3H6/c1-48-34-20-38(52-56-36(40(47)58)22-50-41(34)56)55-18-13-29-28(3-2-4-35(29)55)33-9-5-25(21-49-33)23-53-15-14-37(43(45,46)24-53)54-16-11-26(12-17-54)60-27-6-8-32(44)31(19-27)30-7-10-39(57)51-42(30)59;1-2-3-1/h2-6,8-9,19-22,26,30,37,48H,7,10-18,23-24H2,1H3,(H2,47,58)(H,51,57,59);1-3H2. The van der Waals surface area contributed by atoms with Gasteiger partial charge < -0.3 is 20.7 Å². The van der Waals surface area contributed by atoms with Crippen molar-refractivity contribution in [1.82, 2.24) is 34.7 Å². The van der Waals surface area contributed by atoms with E-state index in [1.54, 1.807) is 31.4 Å². The lowest BCUT2D eigenvalue weighted by Crippen LogP contribution is -2.59. The third-order valence-corrected chi connectivity index (χ3v) is 12.9. The molecule has 330 valence electrons. The minimum Gasteiger partial charge on any atom is -0.490 e. The summed E-state index contributed by atoms with van der Waals surface area (Å²) >= 11 is 6.43. The van der Waals surface area contributed by atoms with Crippen LogP contribution in [0.3, 0.4) is 0 Å². The van der Waals surface area contributed by atoms with Gasteiger partial charge in [0.2, 0.25) is 11.8 Å². The van der Waals surface area contributed by atoms with Gasteiger partial charge in [0.25, 0.3) is 11.8 Å². The van der Waals surface area contributed by atoms with E-state index in [0.717, 1.165) is 34.5 Å². The summed E-state index contributed by atoms with van der Waals surface area (Å²) in [5, 5.41) is 10.7. The molecule has 2 unspecified atom stereocenters. The van der Waals surface area contributed by atoms with Gasteiger partial charge in [0.15, 0.2) is 11.5 Å². The van der Waals surface area contributed by atoms with Gasteiger partial charge in [0, 0.05) is 74.7 Å². The molecule has 1 aliphatic carbocycles. The summed E-state index contributed by atoms with van der Waals surface area (Å²) < 4.78 is 39.5. The fraction of sp³-hybridized carbons (Fsp3) is 0.435. The van der Waals surface area contributed by atoms with E-state index >= 15 is 8.78 Å². The second-order valence-electron chi connectivity index (χ2n) is 17.0. The third-order valence-electron chi connectivity index (χ3n) is 12.6. The number of nitrogens with zero attached hydrogens (tertiary/aromatic N) is 7. The first-order valence-electron chi connectivity index (χ1n) is 21.8. The first-order chi connectivity index (χ1) is 30.4. The number of alkyl halides is 2. The predicted octanol–water partition coefficient (Wildman–Crippen LogP) is 6.72. The molecule has 4 aliphatic heterocycles. The molecule has 0 spiro atoms. The highest BCUT2D eigenvalue weighted by Crippen LogP contribution is 2.41. The molecule has 5 aliphatic rings. The van der Waals surface area contributed by atoms with Gasteiger partial charge in [-0.25, -0.2) is 18.3 Å². The number of nitrogens with two attached hydrogens (primary N) is 1. The van der Waals surface area contributed by atoms with E-state index in [0.29, 0.717) is 91.9 Å². The number of fused-ring (bicyclic) bond motifs is 2. The van der Waals surface area contributed by atoms with Gasteiger partial charge in [-0.2, -0.15) is 0 Å². The van der Waals surface area contributed by atoms with Crippen molar-refractivity contribution in [2.45, 2.75) is 88.3 Å². The van der Waals surface area contributed by atoms with Crippen LogP contribution in [-0.2, 0) is 22.6 Å². The molecular formula is C46H51ClF2N10O4. The van der Waals surface area contributed by atoms with Crippen LogP contribution in [0.15, 0.2) is 67.0 Å². The van der Waals surface area contributed by atoms with Crippen LogP contribution in [-0.4, -0.2) is 105 Å². The van der Waals surface area contributed by atoms with Gasteiger partial charge in [-0.3, -0.25) is 34.5 Å². The third kappa shape index (κ3) is 9.06. The van der Waals surface area contributed by atoms with Crippen LogP contribution in [0.2, 0.25) is 5.02 Å². The number of hydrogen-bond donors (Lipinski definition) is 3. The quantitative estimate of drug-likeness (QED) is 0.128. The van der Waals surface area contributed by atoms with Gasteiger partial charge >= 0.3 is 0 Å². The molecule has 5 aromatic rings. The highest BCUT2D eigenvalue weighted by molar-refractivity contribution is 6.31. The maximum atomic E-state index is 15.9. The van der Waals surface area contributed by atoms with Gasteiger partial charge in [-0.1, -0.05) is 49.1 Å². The number of nitrogens with one attached hydrogen (secondary N) is 2. The van der Waals surface area contributed by atoms with E-state index in [9.17, 15) is 14.4 Å². The Morgan fingerprint density at radius 2 is 1.78 bits per heavy atom. The topological polar surface area (TPSA) is 163 Å². The van der Waals surface area contributed by atoms with Crippen molar-refractivity contribution in [2.75, 3.05) is 50.0 Å². The summed E-state index contributed by atoms with van der Waals surface area (Å²) in [5.41, 5.74) is 12.4. The molecule has 3 amide bonds. The number of primary amides is 1. The molecule has 17 heteroatoms. The van der Waals surface area contributed by atoms with E-state index in [2.05, 4.69) is 20.5 Å². The number of likely N-dealkylation sites (tertiary alicyclic amines) is 2. The molecule has 7 heterocycles. The molecule has 4 fully saturated rings. The molecular weight excluding hydrogens is 830 g/mol. The number of carbonyl (C=O) groups excluding carboxylic acids is 3. The van der Waals surface area contributed by atoms with Crippen LogP contribution in [0.4, 0.5) is 26.0 Å². The van der Waals surface area contributed by atoms with Gasteiger partial charge in [-0.15, -0.1) is 5.10 Å². The monoisotopic (exact) mass is 880 g/mol. The van der Waals surface area contributed by atoms with Crippen molar-refractivity contribution in [2.24, 2.45) is 5.73 Å². The Bertz CT molecular complexity index is 2520. The Morgan fingerprint density at radius 1 is 0.968 bits per heavy atom. The van der Waals surface area contributed by atoms with E-state index in [4.69, 9.17) is 32.2 Å². The lowest BCUT2D eigenvalue weighted by Gasteiger charge is -2.45. The molecule has 0 radical (unpaired) electrons. The average Bonchev–Trinajstić information content (AvgIpc) is 3.99.